The normalized spacial score (nSPS) is 11.2. The van der Waals surface area contributed by atoms with Crippen molar-refractivity contribution in [1.29, 1.82) is 0 Å². The van der Waals surface area contributed by atoms with Crippen LogP contribution in [-0.2, 0) is 17.1 Å². The van der Waals surface area contributed by atoms with Crippen LogP contribution >= 0.6 is 0 Å². The maximum atomic E-state index is 12.6. The number of aryl methyl sites for hydroxylation is 3. The fourth-order valence-corrected chi connectivity index (χ4v) is 3.85. The number of carbonyl (C=O) groups excluding carboxylic acids is 1. The summed E-state index contributed by atoms with van der Waals surface area (Å²) < 4.78 is 29.0. The van der Waals surface area contributed by atoms with Gasteiger partial charge in [0.25, 0.3) is 21.6 Å². The topological polar surface area (TPSA) is 136 Å². The maximum absolute atomic E-state index is 12.6. The third kappa shape index (κ3) is 4.46. The molecule has 0 aliphatic carbocycles. The second-order valence-corrected chi connectivity index (χ2v) is 8.32. The van der Waals surface area contributed by atoms with E-state index in [1.807, 2.05) is 0 Å². The Kier molecular flexibility index (Phi) is 5.56. The number of hydrogen-bond donors (Lipinski definition) is 2. The summed E-state index contributed by atoms with van der Waals surface area (Å²) in [6.45, 7) is 3.33. The van der Waals surface area contributed by atoms with Gasteiger partial charge in [-0.05, 0) is 44.2 Å². The highest BCUT2D eigenvalue weighted by molar-refractivity contribution is 7.92. The molecule has 0 bridgehead atoms. The molecule has 10 nitrogen and oxygen atoms in total. The molecule has 156 valence electrons. The van der Waals surface area contributed by atoms with Crippen LogP contribution in [0.1, 0.15) is 21.6 Å². The van der Waals surface area contributed by atoms with Gasteiger partial charge >= 0.3 is 0 Å². The van der Waals surface area contributed by atoms with E-state index in [2.05, 4.69) is 15.1 Å². The first-order valence-electron chi connectivity index (χ1n) is 8.77. The van der Waals surface area contributed by atoms with Crippen molar-refractivity contribution in [2.75, 3.05) is 10.0 Å². The van der Waals surface area contributed by atoms with Crippen molar-refractivity contribution in [3.8, 4) is 0 Å². The van der Waals surface area contributed by atoms with Crippen LogP contribution in [0.3, 0.4) is 0 Å². The zero-order chi connectivity index (χ0) is 22.1. The number of nitro groups is 1. The molecule has 0 aliphatic rings. The third-order valence-corrected chi connectivity index (χ3v) is 5.71. The fraction of sp³-hybridized carbons (Fsp3) is 0.158. The number of sulfonamides is 1. The number of nitro benzene ring substituents is 1. The number of nitrogens with zero attached hydrogens (tertiary/aromatic N) is 3. The van der Waals surface area contributed by atoms with E-state index in [1.54, 1.807) is 20.0 Å². The van der Waals surface area contributed by atoms with Gasteiger partial charge < -0.3 is 5.32 Å². The molecule has 30 heavy (non-hydrogen) atoms. The van der Waals surface area contributed by atoms with Gasteiger partial charge in [0.05, 0.1) is 15.5 Å². The molecule has 11 heteroatoms. The first-order valence-corrected chi connectivity index (χ1v) is 10.2. The lowest BCUT2D eigenvalue weighted by Gasteiger charge is -2.10. The van der Waals surface area contributed by atoms with Crippen molar-refractivity contribution in [2.24, 2.45) is 7.05 Å². The van der Waals surface area contributed by atoms with Crippen LogP contribution < -0.4 is 10.0 Å². The van der Waals surface area contributed by atoms with Crippen LogP contribution in [0.15, 0.2) is 53.4 Å². The number of hydrogen-bond acceptors (Lipinski definition) is 6. The number of amides is 1. The molecule has 0 unspecified atom stereocenters. The number of benzene rings is 2. The highest BCUT2D eigenvalue weighted by Gasteiger charge is 2.20. The Bertz CT molecular complexity index is 1230. The highest BCUT2D eigenvalue weighted by atomic mass is 32.2. The summed E-state index contributed by atoms with van der Waals surface area (Å²) in [4.78, 5) is 22.6. The monoisotopic (exact) mass is 429 g/mol. The Balaban J connectivity index is 1.76. The van der Waals surface area contributed by atoms with Gasteiger partial charge in [-0.3, -0.25) is 24.3 Å². The smallest absolute Gasteiger partial charge is 0.273 e. The quantitative estimate of drug-likeness (QED) is 0.457. The zero-order valence-electron chi connectivity index (χ0n) is 16.4. The second kappa shape index (κ2) is 7.95. The van der Waals surface area contributed by atoms with E-state index in [4.69, 9.17) is 0 Å². The van der Waals surface area contributed by atoms with Crippen molar-refractivity contribution in [3.63, 3.8) is 0 Å². The number of aromatic nitrogens is 2. The van der Waals surface area contributed by atoms with Gasteiger partial charge in [-0.15, -0.1) is 0 Å². The molecule has 2 N–H and O–H groups in total. The van der Waals surface area contributed by atoms with Gasteiger partial charge in [0.15, 0.2) is 0 Å². The fourth-order valence-electron chi connectivity index (χ4n) is 2.77. The average Bonchev–Trinajstić information content (AvgIpc) is 2.98. The molecule has 0 radical (unpaired) electrons. The van der Waals surface area contributed by atoms with Crippen molar-refractivity contribution in [3.05, 3.63) is 75.5 Å². The summed E-state index contributed by atoms with van der Waals surface area (Å²) in [7, 11) is -2.33. The third-order valence-electron chi connectivity index (χ3n) is 4.33. The molecule has 2 aromatic carbocycles. The molecule has 0 fully saturated rings. The van der Waals surface area contributed by atoms with Gasteiger partial charge in [-0.1, -0.05) is 6.07 Å². The number of nitrogens with one attached hydrogen (secondary N) is 2. The lowest BCUT2D eigenvalue weighted by atomic mass is 10.2. The first kappa shape index (κ1) is 21.0. The van der Waals surface area contributed by atoms with E-state index >= 15 is 0 Å². The first-order chi connectivity index (χ1) is 14.1. The van der Waals surface area contributed by atoms with Crippen LogP contribution in [-0.4, -0.2) is 29.0 Å². The van der Waals surface area contributed by atoms with Crippen molar-refractivity contribution in [1.82, 2.24) is 9.78 Å². The van der Waals surface area contributed by atoms with Crippen LogP contribution in [0.2, 0.25) is 0 Å². The predicted molar refractivity (Wildman–Crippen MR) is 111 cm³/mol. The summed E-state index contributed by atoms with van der Waals surface area (Å²) >= 11 is 0. The van der Waals surface area contributed by atoms with E-state index in [0.717, 1.165) is 11.8 Å². The summed E-state index contributed by atoms with van der Waals surface area (Å²) in [5.41, 5.74) is 1.37. The number of carbonyl (C=O) groups is 1. The highest BCUT2D eigenvalue weighted by Crippen LogP contribution is 2.24. The Morgan fingerprint density at radius 2 is 1.77 bits per heavy atom. The largest absolute Gasteiger partial charge is 0.307 e. The van der Waals surface area contributed by atoms with Crippen LogP contribution in [0, 0.1) is 24.0 Å². The van der Waals surface area contributed by atoms with Gasteiger partial charge in [-0.25, -0.2) is 8.42 Å². The summed E-state index contributed by atoms with van der Waals surface area (Å²) in [6.07, 6.45) is 0. The number of rotatable bonds is 6. The number of anilines is 2. The lowest BCUT2D eigenvalue weighted by Crippen LogP contribution is -2.15. The zero-order valence-corrected chi connectivity index (χ0v) is 17.2. The molecule has 0 aliphatic heterocycles. The standard InChI is InChI=1S/C19H19N5O5S/c1-12-4-9-16(11-17(12)24(26)27)30(28,29)22-15-7-5-14(6-8-15)19(25)20-18-10-13(2)21-23(18)3/h4-11,22H,1-3H3,(H,20,25). The minimum absolute atomic E-state index is 0.214. The summed E-state index contributed by atoms with van der Waals surface area (Å²) in [6, 6.07) is 11.2. The molecule has 3 aromatic rings. The Morgan fingerprint density at radius 1 is 1.10 bits per heavy atom. The van der Waals surface area contributed by atoms with E-state index in [0.29, 0.717) is 16.9 Å². The van der Waals surface area contributed by atoms with Crippen LogP contribution in [0.4, 0.5) is 17.2 Å². The Labute approximate surface area is 172 Å². The van der Waals surface area contributed by atoms with Crippen molar-refractivity contribution >= 4 is 33.1 Å². The van der Waals surface area contributed by atoms with Crippen LogP contribution in [0.25, 0.3) is 0 Å². The molecule has 1 heterocycles. The summed E-state index contributed by atoms with van der Waals surface area (Å²) in [5, 5.41) is 17.9. The average molecular weight is 429 g/mol. The SMILES string of the molecule is Cc1cc(NC(=O)c2ccc(NS(=O)(=O)c3ccc(C)c([N+](=O)[O-])c3)cc2)n(C)n1. The Morgan fingerprint density at radius 3 is 2.33 bits per heavy atom. The van der Waals surface area contributed by atoms with E-state index < -0.39 is 14.9 Å². The Hall–Kier alpha value is -3.73. The minimum Gasteiger partial charge on any atom is -0.307 e. The molecule has 0 saturated carbocycles. The molecular weight excluding hydrogens is 410 g/mol. The molecule has 1 aromatic heterocycles. The predicted octanol–water partition coefficient (Wildman–Crippen LogP) is 3.00. The molecule has 1 amide bonds. The minimum atomic E-state index is -4.04. The van der Waals surface area contributed by atoms with E-state index in [1.165, 1.54) is 48.0 Å². The van der Waals surface area contributed by atoms with Gasteiger partial charge in [-0.2, -0.15) is 5.10 Å². The van der Waals surface area contributed by atoms with Gasteiger partial charge in [0.2, 0.25) is 0 Å². The van der Waals surface area contributed by atoms with E-state index in [9.17, 15) is 23.3 Å². The van der Waals surface area contributed by atoms with Crippen LogP contribution in [0.5, 0.6) is 0 Å². The van der Waals surface area contributed by atoms with Crippen molar-refractivity contribution < 1.29 is 18.1 Å². The van der Waals surface area contributed by atoms with Gasteiger partial charge in [0.1, 0.15) is 5.82 Å². The molecule has 0 saturated heterocycles. The molecule has 0 spiro atoms. The molecule has 0 atom stereocenters. The van der Waals surface area contributed by atoms with Crippen molar-refractivity contribution in [2.45, 2.75) is 18.7 Å². The summed E-state index contributed by atoms with van der Waals surface area (Å²) in [5.74, 6) is 0.157. The molecule has 3 rings (SSSR count). The maximum Gasteiger partial charge on any atom is 0.273 e. The van der Waals surface area contributed by atoms with E-state index in [-0.39, 0.29) is 22.2 Å². The second-order valence-electron chi connectivity index (χ2n) is 6.64. The molecular formula is C19H19N5O5S. The van der Waals surface area contributed by atoms with Gasteiger partial charge in [0, 0.05) is 36.0 Å². The lowest BCUT2D eigenvalue weighted by molar-refractivity contribution is -0.385.